The van der Waals surface area contributed by atoms with E-state index in [-0.39, 0.29) is 11.9 Å². The molecule has 0 unspecified atom stereocenters. The summed E-state index contributed by atoms with van der Waals surface area (Å²) in [6.07, 6.45) is 4.49. The van der Waals surface area contributed by atoms with Crippen molar-refractivity contribution in [2.45, 2.75) is 45.6 Å². The molecule has 26 heavy (non-hydrogen) atoms. The van der Waals surface area contributed by atoms with Crippen LogP contribution in [0.2, 0.25) is 0 Å². The highest BCUT2D eigenvalue weighted by Crippen LogP contribution is 2.35. The second kappa shape index (κ2) is 8.08. The van der Waals surface area contributed by atoms with Gasteiger partial charge in [-0.25, -0.2) is 4.98 Å². The molecule has 1 heterocycles. The lowest BCUT2D eigenvalue weighted by Crippen LogP contribution is -2.37. The fourth-order valence-electron chi connectivity index (χ4n) is 3.36. The van der Waals surface area contributed by atoms with Crippen LogP contribution in [0.5, 0.6) is 11.5 Å². The Hall–Kier alpha value is -2.08. The van der Waals surface area contributed by atoms with Crippen molar-refractivity contribution in [1.29, 1.82) is 0 Å². The van der Waals surface area contributed by atoms with E-state index in [1.165, 1.54) is 24.2 Å². The fourth-order valence-corrected chi connectivity index (χ4v) is 4.32. The first-order valence-corrected chi connectivity index (χ1v) is 9.84. The Morgan fingerprint density at radius 3 is 2.50 bits per heavy atom. The maximum atomic E-state index is 12.7. The number of carbonyl (C=O) groups excluding carboxylic acids is 1. The third kappa shape index (κ3) is 4.01. The van der Waals surface area contributed by atoms with Crippen LogP contribution >= 0.6 is 11.3 Å². The molecule has 140 valence electrons. The first-order chi connectivity index (χ1) is 12.5. The van der Waals surface area contributed by atoms with Crippen LogP contribution in [0.3, 0.4) is 0 Å². The molecule has 1 saturated carbocycles. The summed E-state index contributed by atoms with van der Waals surface area (Å²) in [6, 6.07) is 5.96. The van der Waals surface area contributed by atoms with Gasteiger partial charge >= 0.3 is 0 Å². The van der Waals surface area contributed by atoms with Crippen molar-refractivity contribution in [2.75, 3.05) is 14.2 Å². The minimum atomic E-state index is -0.00807. The zero-order valence-corrected chi connectivity index (χ0v) is 16.6. The Labute approximate surface area is 158 Å². The summed E-state index contributed by atoms with van der Waals surface area (Å²) in [5, 5.41) is 4.00. The van der Waals surface area contributed by atoms with E-state index in [1.807, 2.05) is 25.1 Å². The van der Waals surface area contributed by atoms with Crippen molar-refractivity contribution in [3.8, 4) is 22.1 Å². The van der Waals surface area contributed by atoms with E-state index in [1.54, 1.807) is 14.2 Å². The molecule has 5 nitrogen and oxygen atoms in total. The second-order valence-electron chi connectivity index (χ2n) is 6.93. The number of thiazole rings is 1. The van der Waals surface area contributed by atoms with Crippen LogP contribution in [0.15, 0.2) is 18.2 Å². The lowest BCUT2D eigenvalue weighted by Gasteiger charge is -2.26. The van der Waals surface area contributed by atoms with Gasteiger partial charge in [-0.2, -0.15) is 0 Å². The molecule has 0 atom stereocenters. The van der Waals surface area contributed by atoms with Gasteiger partial charge in [0.25, 0.3) is 5.91 Å². The molecule has 0 spiro atoms. The number of methoxy groups -OCH3 is 2. The highest BCUT2D eigenvalue weighted by atomic mass is 32.1. The molecule has 6 heteroatoms. The SMILES string of the molecule is COc1ccc(-c2nc(C)c(C(=O)NC3CCC(C)CC3)s2)cc1OC. The topological polar surface area (TPSA) is 60.5 Å². The van der Waals surface area contributed by atoms with Crippen LogP contribution in [0.25, 0.3) is 10.6 Å². The van der Waals surface area contributed by atoms with E-state index >= 15 is 0 Å². The largest absolute Gasteiger partial charge is 0.493 e. The zero-order chi connectivity index (χ0) is 18.7. The van der Waals surface area contributed by atoms with Gasteiger partial charge in [0.1, 0.15) is 9.88 Å². The van der Waals surface area contributed by atoms with Gasteiger partial charge in [0.05, 0.1) is 19.9 Å². The molecule has 1 aliphatic rings. The molecule has 1 fully saturated rings. The van der Waals surface area contributed by atoms with Gasteiger partial charge in [-0.3, -0.25) is 4.79 Å². The molecule has 1 amide bonds. The molecule has 1 aliphatic carbocycles. The van der Waals surface area contributed by atoms with E-state index in [4.69, 9.17) is 9.47 Å². The standard InChI is InChI=1S/C20H26N2O3S/c1-12-5-8-15(9-6-12)22-19(23)18-13(2)21-20(26-18)14-7-10-16(24-3)17(11-14)25-4/h7,10-12,15H,5-6,8-9H2,1-4H3,(H,22,23). The van der Waals surface area contributed by atoms with Gasteiger partial charge in [-0.1, -0.05) is 6.92 Å². The summed E-state index contributed by atoms with van der Waals surface area (Å²) in [4.78, 5) is 18.0. The van der Waals surface area contributed by atoms with Crippen LogP contribution in [0.4, 0.5) is 0 Å². The van der Waals surface area contributed by atoms with Gasteiger partial charge in [0, 0.05) is 11.6 Å². The number of aromatic nitrogens is 1. The van der Waals surface area contributed by atoms with Crippen LogP contribution in [-0.2, 0) is 0 Å². The van der Waals surface area contributed by atoms with Crippen LogP contribution in [0, 0.1) is 12.8 Å². The van der Waals surface area contributed by atoms with E-state index in [9.17, 15) is 4.79 Å². The Morgan fingerprint density at radius 2 is 1.85 bits per heavy atom. The van der Waals surface area contributed by atoms with E-state index in [2.05, 4.69) is 17.2 Å². The molecule has 1 N–H and O–H groups in total. The average molecular weight is 375 g/mol. The van der Waals surface area contributed by atoms with Crippen molar-refractivity contribution >= 4 is 17.2 Å². The zero-order valence-electron chi connectivity index (χ0n) is 15.8. The van der Waals surface area contributed by atoms with Crippen LogP contribution in [-0.4, -0.2) is 31.2 Å². The summed E-state index contributed by atoms with van der Waals surface area (Å²) in [6.45, 7) is 4.17. The summed E-state index contributed by atoms with van der Waals surface area (Å²) in [5.41, 5.74) is 1.68. The molecule has 0 aliphatic heterocycles. The van der Waals surface area contributed by atoms with Gasteiger partial charge in [-0.15, -0.1) is 11.3 Å². The predicted molar refractivity (Wildman–Crippen MR) is 104 cm³/mol. The summed E-state index contributed by atoms with van der Waals surface area (Å²) in [5.74, 6) is 2.09. The Bertz CT molecular complexity index is 779. The number of aryl methyl sites for hydroxylation is 1. The number of rotatable bonds is 5. The number of nitrogens with one attached hydrogen (secondary N) is 1. The Balaban J connectivity index is 1.77. The van der Waals surface area contributed by atoms with E-state index < -0.39 is 0 Å². The molecule has 3 rings (SSSR count). The number of benzene rings is 1. The summed E-state index contributed by atoms with van der Waals surface area (Å²) >= 11 is 1.42. The van der Waals surface area contributed by atoms with Crippen molar-refractivity contribution in [3.63, 3.8) is 0 Å². The van der Waals surface area contributed by atoms with Crippen molar-refractivity contribution in [2.24, 2.45) is 5.92 Å². The highest BCUT2D eigenvalue weighted by molar-refractivity contribution is 7.17. The molecule has 1 aromatic heterocycles. The first-order valence-electron chi connectivity index (χ1n) is 9.02. The van der Waals surface area contributed by atoms with Crippen molar-refractivity contribution in [1.82, 2.24) is 10.3 Å². The minimum absolute atomic E-state index is 0.00807. The first kappa shape index (κ1) is 18.7. The normalized spacial score (nSPS) is 19.8. The second-order valence-corrected chi connectivity index (χ2v) is 7.93. The van der Waals surface area contributed by atoms with Gasteiger partial charge in [-0.05, 0) is 56.7 Å². The quantitative estimate of drug-likeness (QED) is 0.840. The number of hydrogen-bond donors (Lipinski definition) is 1. The lowest BCUT2D eigenvalue weighted by molar-refractivity contribution is 0.0926. The van der Waals surface area contributed by atoms with E-state index in [0.717, 1.165) is 35.0 Å². The van der Waals surface area contributed by atoms with Crippen molar-refractivity contribution in [3.05, 3.63) is 28.8 Å². The average Bonchev–Trinajstić information content (AvgIpc) is 3.05. The molecule has 0 saturated heterocycles. The molecule has 0 bridgehead atoms. The molecule has 0 radical (unpaired) electrons. The summed E-state index contributed by atoms with van der Waals surface area (Å²) < 4.78 is 10.6. The number of ether oxygens (including phenoxy) is 2. The number of amides is 1. The maximum Gasteiger partial charge on any atom is 0.263 e. The summed E-state index contributed by atoms with van der Waals surface area (Å²) in [7, 11) is 3.22. The lowest BCUT2D eigenvalue weighted by atomic mass is 9.87. The molecular weight excluding hydrogens is 348 g/mol. The third-order valence-corrected chi connectivity index (χ3v) is 6.19. The fraction of sp³-hybridized carbons (Fsp3) is 0.500. The Kier molecular flexibility index (Phi) is 5.81. The predicted octanol–water partition coefficient (Wildman–Crippen LogP) is 4.44. The van der Waals surface area contributed by atoms with Gasteiger partial charge < -0.3 is 14.8 Å². The Morgan fingerprint density at radius 1 is 1.15 bits per heavy atom. The van der Waals surface area contributed by atoms with Crippen molar-refractivity contribution < 1.29 is 14.3 Å². The van der Waals surface area contributed by atoms with E-state index in [0.29, 0.717) is 16.4 Å². The minimum Gasteiger partial charge on any atom is -0.493 e. The third-order valence-electron chi connectivity index (χ3n) is 4.98. The number of carbonyl (C=O) groups is 1. The highest BCUT2D eigenvalue weighted by Gasteiger charge is 2.23. The van der Waals surface area contributed by atoms with Crippen LogP contribution in [0.1, 0.15) is 48.0 Å². The monoisotopic (exact) mass is 374 g/mol. The molecule has 1 aromatic carbocycles. The van der Waals surface area contributed by atoms with Gasteiger partial charge in [0.2, 0.25) is 0 Å². The van der Waals surface area contributed by atoms with Crippen LogP contribution < -0.4 is 14.8 Å². The number of nitrogens with zero attached hydrogens (tertiary/aromatic N) is 1. The van der Waals surface area contributed by atoms with Gasteiger partial charge in [0.15, 0.2) is 11.5 Å². The number of hydrogen-bond acceptors (Lipinski definition) is 5. The maximum absolute atomic E-state index is 12.7. The molecular formula is C20H26N2O3S. The smallest absolute Gasteiger partial charge is 0.263 e. The molecule has 2 aromatic rings.